The molecule has 2 atom stereocenters. The Labute approximate surface area is 194 Å². The van der Waals surface area contributed by atoms with Gasteiger partial charge in [-0.2, -0.15) is 0 Å². The minimum Gasteiger partial charge on any atom is -0.461 e. The highest BCUT2D eigenvalue weighted by molar-refractivity contribution is 5.90. The molecule has 3 heterocycles. The van der Waals surface area contributed by atoms with Gasteiger partial charge in [0.15, 0.2) is 6.10 Å². The van der Waals surface area contributed by atoms with E-state index in [-0.39, 0.29) is 31.4 Å². The molecule has 0 spiro atoms. The summed E-state index contributed by atoms with van der Waals surface area (Å²) in [5.41, 5.74) is 7.08. The molecule has 0 radical (unpaired) electrons. The second-order valence-corrected chi connectivity index (χ2v) is 7.26. The lowest BCUT2D eigenvalue weighted by atomic mass is 10.1. The Morgan fingerprint density at radius 2 is 2.12 bits per heavy atom. The van der Waals surface area contributed by atoms with Crippen LogP contribution in [0.25, 0.3) is 22.7 Å². The molecule has 1 aromatic carbocycles. The van der Waals surface area contributed by atoms with Crippen molar-refractivity contribution in [2.75, 3.05) is 18.1 Å². The van der Waals surface area contributed by atoms with Crippen LogP contribution in [0.4, 0.5) is 14.9 Å². The summed E-state index contributed by atoms with van der Waals surface area (Å²) in [6, 6.07) is 6.96. The topological polar surface area (TPSA) is 134 Å². The number of anilines is 1. The lowest BCUT2D eigenvalue weighted by Gasteiger charge is -2.14. The van der Waals surface area contributed by atoms with Gasteiger partial charge in [0.05, 0.1) is 12.2 Å². The van der Waals surface area contributed by atoms with E-state index in [2.05, 4.69) is 15.2 Å². The number of halogens is 2. The van der Waals surface area contributed by atoms with Gasteiger partial charge in [-0.3, -0.25) is 14.7 Å². The molecule has 12 heteroatoms. The first-order chi connectivity index (χ1) is 15.3. The molecule has 0 unspecified atom stereocenters. The van der Waals surface area contributed by atoms with Crippen molar-refractivity contribution in [3.63, 3.8) is 0 Å². The maximum atomic E-state index is 14.9. The Kier molecular flexibility index (Phi) is 7.24. The molecule has 174 valence electrons. The summed E-state index contributed by atoms with van der Waals surface area (Å²) in [4.78, 5) is 29.2. The quantitative estimate of drug-likeness (QED) is 0.531. The van der Waals surface area contributed by atoms with Crippen molar-refractivity contribution in [3.05, 3.63) is 48.2 Å². The number of amides is 1. The van der Waals surface area contributed by atoms with Gasteiger partial charge < -0.3 is 19.6 Å². The average Bonchev–Trinajstić information content (AvgIpc) is 3.37. The van der Waals surface area contributed by atoms with Crippen molar-refractivity contribution in [1.82, 2.24) is 15.2 Å². The number of aromatic nitrogens is 3. The predicted molar refractivity (Wildman–Crippen MR) is 117 cm³/mol. The molecule has 2 aromatic heterocycles. The van der Waals surface area contributed by atoms with Gasteiger partial charge in [-0.1, -0.05) is 6.07 Å². The van der Waals surface area contributed by atoms with Crippen molar-refractivity contribution in [2.45, 2.75) is 26.0 Å². The molecule has 2 N–H and O–H groups in total. The summed E-state index contributed by atoms with van der Waals surface area (Å²) in [7, 11) is 0. The Morgan fingerprint density at radius 3 is 2.73 bits per heavy atom. The van der Waals surface area contributed by atoms with Gasteiger partial charge in [0.2, 0.25) is 5.89 Å². The number of ether oxygens (including phenoxy) is 2. The van der Waals surface area contributed by atoms with E-state index in [4.69, 9.17) is 19.6 Å². The number of hydrogen-bond acceptors (Lipinski definition) is 9. The van der Waals surface area contributed by atoms with E-state index in [1.165, 1.54) is 24.1 Å². The monoisotopic (exact) mass is 477 g/mol. The van der Waals surface area contributed by atoms with E-state index in [0.717, 1.165) is 0 Å². The molecule has 1 amide bonds. The van der Waals surface area contributed by atoms with Crippen molar-refractivity contribution in [1.29, 1.82) is 0 Å². The normalized spacial score (nSPS) is 16.2. The minimum absolute atomic E-state index is 0. The third kappa shape index (κ3) is 5.26. The molecule has 1 saturated heterocycles. The standard InChI is InChI=1S/C21H20FN5O5.ClH/c1-11(23)20(28)30-10-15-9-27(21(29)32-15)14-4-5-16(17(22)7-14)13-3-6-18(24-8-13)19-26-25-12(2)31-19;/h3-8,11,15H,9-10,23H2,1-2H3;1H/t11-,15+;/m0./s1. The van der Waals surface area contributed by atoms with Crippen molar-refractivity contribution in [2.24, 2.45) is 5.73 Å². The van der Waals surface area contributed by atoms with Crippen LogP contribution < -0.4 is 10.6 Å². The van der Waals surface area contributed by atoms with Crippen LogP contribution in [-0.4, -0.2) is 52.5 Å². The van der Waals surface area contributed by atoms with Crippen LogP contribution in [-0.2, 0) is 14.3 Å². The Morgan fingerprint density at radius 1 is 1.33 bits per heavy atom. The average molecular weight is 478 g/mol. The molecule has 33 heavy (non-hydrogen) atoms. The zero-order valence-electron chi connectivity index (χ0n) is 17.7. The van der Waals surface area contributed by atoms with Gasteiger partial charge in [-0.25, -0.2) is 9.18 Å². The summed E-state index contributed by atoms with van der Waals surface area (Å²) in [5.74, 6) is -0.435. The lowest BCUT2D eigenvalue weighted by Crippen LogP contribution is -2.32. The molecular formula is C21H21ClFN5O5. The summed E-state index contributed by atoms with van der Waals surface area (Å²) in [6.45, 7) is 3.16. The second kappa shape index (κ2) is 9.92. The van der Waals surface area contributed by atoms with Gasteiger partial charge in [0.1, 0.15) is 24.2 Å². The molecule has 3 aromatic rings. The van der Waals surface area contributed by atoms with Gasteiger partial charge in [0.25, 0.3) is 5.89 Å². The van der Waals surface area contributed by atoms with Crippen LogP contribution >= 0.6 is 12.4 Å². The van der Waals surface area contributed by atoms with Crippen LogP contribution in [0.3, 0.4) is 0 Å². The molecule has 0 bridgehead atoms. The van der Waals surface area contributed by atoms with Crippen LogP contribution in [0.5, 0.6) is 0 Å². The molecule has 0 saturated carbocycles. The van der Waals surface area contributed by atoms with Gasteiger partial charge >= 0.3 is 12.1 Å². The SMILES string of the molecule is Cc1nnc(-c2ccc(-c3ccc(N4C[C@H](COC(=O)[C@H](C)N)OC4=O)cc3F)cn2)o1.Cl. The van der Waals surface area contributed by atoms with Crippen molar-refractivity contribution < 1.29 is 27.9 Å². The fraction of sp³-hybridized carbons (Fsp3) is 0.286. The number of hydrogen-bond donors (Lipinski definition) is 1. The number of rotatable bonds is 6. The predicted octanol–water partition coefficient (Wildman–Crippen LogP) is 2.88. The second-order valence-electron chi connectivity index (χ2n) is 7.26. The minimum atomic E-state index is -0.774. The summed E-state index contributed by atoms with van der Waals surface area (Å²) in [6.07, 6.45) is 0.178. The van der Waals surface area contributed by atoms with Crippen molar-refractivity contribution >= 4 is 30.2 Å². The van der Waals surface area contributed by atoms with Crippen LogP contribution in [0.1, 0.15) is 12.8 Å². The highest BCUT2D eigenvalue weighted by atomic mass is 35.5. The molecule has 10 nitrogen and oxygen atoms in total. The molecular weight excluding hydrogens is 457 g/mol. The third-order valence-electron chi connectivity index (χ3n) is 4.74. The number of benzene rings is 1. The third-order valence-corrected chi connectivity index (χ3v) is 4.74. The lowest BCUT2D eigenvalue weighted by molar-refractivity contribution is -0.147. The number of pyridine rings is 1. The van der Waals surface area contributed by atoms with Gasteiger partial charge in [-0.15, -0.1) is 22.6 Å². The molecule has 4 rings (SSSR count). The highest BCUT2D eigenvalue weighted by Gasteiger charge is 2.33. The van der Waals surface area contributed by atoms with E-state index in [1.54, 1.807) is 31.2 Å². The zero-order valence-corrected chi connectivity index (χ0v) is 18.5. The molecule has 0 aliphatic carbocycles. The maximum Gasteiger partial charge on any atom is 0.414 e. The number of cyclic esters (lactones) is 1. The summed E-state index contributed by atoms with van der Waals surface area (Å²) >= 11 is 0. The van der Waals surface area contributed by atoms with E-state index in [1.807, 2.05) is 0 Å². The number of aryl methyl sites for hydroxylation is 1. The number of nitrogens with two attached hydrogens (primary N) is 1. The van der Waals surface area contributed by atoms with Crippen LogP contribution in [0.2, 0.25) is 0 Å². The fourth-order valence-electron chi connectivity index (χ4n) is 3.11. The summed E-state index contributed by atoms with van der Waals surface area (Å²) < 4.78 is 30.4. The van der Waals surface area contributed by atoms with E-state index < -0.39 is 30.0 Å². The maximum absolute atomic E-state index is 14.9. The van der Waals surface area contributed by atoms with Crippen LogP contribution in [0.15, 0.2) is 40.9 Å². The highest BCUT2D eigenvalue weighted by Crippen LogP contribution is 2.29. The fourth-order valence-corrected chi connectivity index (χ4v) is 3.11. The first-order valence-corrected chi connectivity index (χ1v) is 9.78. The smallest absolute Gasteiger partial charge is 0.414 e. The zero-order chi connectivity index (χ0) is 22.8. The van der Waals surface area contributed by atoms with Crippen LogP contribution in [0, 0.1) is 12.7 Å². The van der Waals surface area contributed by atoms with E-state index in [9.17, 15) is 14.0 Å². The van der Waals surface area contributed by atoms with Gasteiger partial charge in [-0.05, 0) is 31.2 Å². The van der Waals surface area contributed by atoms with E-state index in [0.29, 0.717) is 28.4 Å². The van der Waals surface area contributed by atoms with E-state index >= 15 is 0 Å². The first kappa shape index (κ1) is 24.1. The Bertz CT molecular complexity index is 1150. The molecule has 1 aliphatic heterocycles. The number of carbonyl (C=O) groups is 2. The van der Waals surface area contributed by atoms with Crippen molar-refractivity contribution in [3.8, 4) is 22.7 Å². The Balaban J connectivity index is 0.00000306. The largest absolute Gasteiger partial charge is 0.461 e. The molecule has 1 aliphatic rings. The first-order valence-electron chi connectivity index (χ1n) is 9.78. The summed E-state index contributed by atoms with van der Waals surface area (Å²) in [5, 5.41) is 7.65. The number of nitrogens with zero attached hydrogens (tertiary/aromatic N) is 4. The van der Waals surface area contributed by atoms with Gasteiger partial charge in [0, 0.05) is 24.2 Å². The number of carbonyl (C=O) groups excluding carboxylic acids is 2. The Hall–Kier alpha value is -3.57. The molecule has 1 fully saturated rings. The number of esters is 1.